The van der Waals surface area contributed by atoms with Gasteiger partial charge in [0, 0.05) is 33.4 Å². The zero-order valence-electron chi connectivity index (χ0n) is 17.3. The van der Waals surface area contributed by atoms with E-state index in [2.05, 4.69) is 23.4 Å². The van der Waals surface area contributed by atoms with Crippen molar-refractivity contribution in [1.82, 2.24) is 14.5 Å². The van der Waals surface area contributed by atoms with E-state index < -0.39 is 6.09 Å². The Morgan fingerprint density at radius 2 is 1.97 bits per heavy atom. The highest BCUT2D eigenvalue weighted by Crippen LogP contribution is 2.37. The first-order chi connectivity index (χ1) is 14.8. The second-order valence-corrected chi connectivity index (χ2v) is 9.20. The summed E-state index contributed by atoms with van der Waals surface area (Å²) in [4.78, 5) is 21.3. The monoisotopic (exact) mass is 478 g/mol. The van der Waals surface area contributed by atoms with Crippen LogP contribution in [-0.4, -0.2) is 20.6 Å². The highest BCUT2D eigenvalue weighted by Gasteiger charge is 2.21. The van der Waals surface area contributed by atoms with Gasteiger partial charge >= 0.3 is 6.09 Å². The Hall–Kier alpha value is -2.22. The van der Waals surface area contributed by atoms with Crippen molar-refractivity contribution < 1.29 is 9.53 Å². The standard InChI is InChI=1S/C22H24Cl2N4O2S/c1-14(2)20-21(31-18-11-15(23)10-16(24)12-18)28(19(27-20)13-30-22(25)29)9-5-7-17-6-3-4-8-26-17/h3-4,6,8,10-12,14H,5,7,9,13H2,1-2H3,(H2,25,29). The Bertz CT molecular complexity index is 1020. The van der Waals surface area contributed by atoms with Crippen molar-refractivity contribution >= 4 is 41.1 Å². The molecule has 3 rings (SSSR count). The van der Waals surface area contributed by atoms with Gasteiger partial charge in [0.2, 0.25) is 0 Å². The number of amides is 1. The average molecular weight is 479 g/mol. The lowest BCUT2D eigenvalue weighted by Crippen LogP contribution is -2.15. The summed E-state index contributed by atoms with van der Waals surface area (Å²) in [5, 5.41) is 2.11. The molecule has 164 valence electrons. The number of carbonyl (C=O) groups is 1. The molecule has 0 spiro atoms. The number of rotatable bonds is 9. The predicted molar refractivity (Wildman–Crippen MR) is 124 cm³/mol. The number of hydrogen-bond acceptors (Lipinski definition) is 5. The van der Waals surface area contributed by atoms with Crippen molar-refractivity contribution in [3.63, 3.8) is 0 Å². The Kier molecular flexibility index (Phi) is 8.23. The third-order valence-electron chi connectivity index (χ3n) is 4.51. The molecule has 1 aromatic carbocycles. The Morgan fingerprint density at radius 3 is 2.58 bits per heavy atom. The van der Waals surface area contributed by atoms with Gasteiger partial charge in [0.1, 0.15) is 10.9 Å². The van der Waals surface area contributed by atoms with E-state index >= 15 is 0 Å². The van der Waals surface area contributed by atoms with Crippen molar-refractivity contribution in [3.8, 4) is 0 Å². The van der Waals surface area contributed by atoms with Crippen LogP contribution in [0.3, 0.4) is 0 Å². The summed E-state index contributed by atoms with van der Waals surface area (Å²) in [5.74, 6) is 0.820. The third kappa shape index (κ3) is 6.63. The molecule has 6 nitrogen and oxygen atoms in total. The van der Waals surface area contributed by atoms with Crippen molar-refractivity contribution in [2.45, 2.75) is 55.7 Å². The van der Waals surface area contributed by atoms with Gasteiger partial charge in [-0.25, -0.2) is 9.78 Å². The Morgan fingerprint density at radius 1 is 1.23 bits per heavy atom. The molecule has 0 aliphatic carbocycles. The first kappa shape index (κ1) is 23.4. The lowest BCUT2D eigenvalue weighted by Gasteiger charge is -2.14. The van der Waals surface area contributed by atoms with Gasteiger partial charge < -0.3 is 15.0 Å². The van der Waals surface area contributed by atoms with Gasteiger partial charge in [0.15, 0.2) is 6.61 Å². The van der Waals surface area contributed by atoms with Gasteiger partial charge in [0.25, 0.3) is 0 Å². The van der Waals surface area contributed by atoms with Crippen LogP contribution in [0.1, 0.15) is 43.4 Å². The fourth-order valence-corrected chi connectivity index (χ4v) is 5.07. The number of aryl methyl sites for hydroxylation is 1. The summed E-state index contributed by atoms with van der Waals surface area (Å²) in [6.45, 7) is 4.85. The number of carbonyl (C=O) groups excluding carboxylic acids is 1. The lowest BCUT2D eigenvalue weighted by atomic mass is 10.1. The molecule has 0 atom stereocenters. The van der Waals surface area contributed by atoms with E-state index in [1.807, 2.05) is 30.3 Å². The summed E-state index contributed by atoms with van der Waals surface area (Å²) in [6.07, 6.45) is 2.63. The quantitative estimate of drug-likeness (QED) is 0.402. The van der Waals surface area contributed by atoms with Crippen molar-refractivity contribution in [2.75, 3.05) is 0 Å². The van der Waals surface area contributed by atoms with Crippen LogP contribution in [0.2, 0.25) is 10.0 Å². The Labute approximate surface area is 196 Å². The first-order valence-electron chi connectivity index (χ1n) is 9.89. The van der Waals surface area contributed by atoms with Crippen molar-refractivity contribution in [1.29, 1.82) is 0 Å². The zero-order valence-corrected chi connectivity index (χ0v) is 19.7. The topological polar surface area (TPSA) is 83.0 Å². The molecule has 2 aromatic heterocycles. The summed E-state index contributed by atoms with van der Waals surface area (Å²) >= 11 is 13.9. The van der Waals surface area contributed by atoms with Crippen LogP contribution in [-0.2, 0) is 24.3 Å². The molecule has 0 unspecified atom stereocenters. The molecule has 31 heavy (non-hydrogen) atoms. The number of nitrogens with two attached hydrogens (primary N) is 1. The highest BCUT2D eigenvalue weighted by molar-refractivity contribution is 7.99. The number of hydrogen-bond donors (Lipinski definition) is 1. The molecule has 0 saturated carbocycles. The van der Waals surface area contributed by atoms with Gasteiger partial charge in [-0.3, -0.25) is 4.98 Å². The number of benzene rings is 1. The van der Waals surface area contributed by atoms with E-state index in [0.29, 0.717) is 22.4 Å². The molecular formula is C22H24Cl2N4O2S. The molecular weight excluding hydrogens is 455 g/mol. The van der Waals surface area contributed by atoms with Gasteiger partial charge in [-0.2, -0.15) is 0 Å². The van der Waals surface area contributed by atoms with E-state index in [0.717, 1.165) is 34.2 Å². The van der Waals surface area contributed by atoms with Gasteiger partial charge in [-0.15, -0.1) is 0 Å². The van der Waals surface area contributed by atoms with E-state index in [1.54, 1.807) is 24.0 Å². The number of imidazole rings is 1. The maximum Gasteiger partial charge on any atom is 0.404 e. The maximum atomic E-state index is 11.2. The number of halogens is 2. The number of aromatic nitrogens is 3. The van der Waals surface area contributed by atoms with E-state index in [4.69, 9.17) is 38.7 Å². The fraction of sp³-hybridized carbons (Fsp3) is 0.318. The Balaban J connectivity index is 1.93. The second-order valence-electron chi connectivity index (χ2n) is 7.26. The smallest absolute Gasteiger partial charge is 0.404 e. The van der Waals surface area contributed by atoms with Crippen LogP contribution in [0, 0.1) is 0 Å². The number of primary amides is 1. The minimum atomic E-state index is -0.829. The van der Waals surface area contributed by atoms with E-state index in [-0.39, 0.29) is 12.5 Å². The second kappa shape index (κ2) is 10.9. The zero-order chi connectivity index (χ0) is 22.4. The number of nitrogens with zero attached hydrogens (tertiary/aromatic N) is 3. The fourth-order valence-electron chi connectivity index (χ4n) is 3.13. The molecule has 2 N–H and O–H groups in total. The minimum absolute atomic E-state index is 0.00943. The summed E-state index contributed by atoms with van der Waals surface area (Å²) in [5.41, 5.74) is 7.13. The van der Waals surface area contributed by atoms with Crippen molar-refractivity contribution in [2.24, 2.45) is 5.73 Å². The lowest BCUT2D eigenvalue weighted by molar-refractivity contribution is 0.145. The summed E-state index contributed by atoms with van der Waals surface area (Å²) < 4.78 is 7.15. The van der Waals surface area contributed by atoms with Crippen LogP contribution in [0.4, 0.5) is 4.79 Å². The van der Waals surface area contributed by atoms with Crippen molar-refractivity contribution in [3.05, 3.63) is 69.9 Å². The van der Waals surface area contributed by atoms with Gasteiger partial charge in [-0.1, -0.05) is 54.9 Å². The van der Waals surface area contributed by atoms with E-state index in [1.165, 1.54) is 0 Å². The van der Waals surface area contributed by atoms with E-state index in [9.17, 15) is 4.79 Å². The average Bonchev–Trinajstić information content (AvgIpc) is 3.04. The molecule has 0 fully saturated rings. The van der Waals surface area contributed by atoms with Gasteiger partial charge in [0.05, 0.1) is 5.69 Å². The summed E-state index contributed by atoms with van der Waals surface area (Å²) in [7, 11) is 0. The first-order valence-corrected chi connectivity index (χ1v) is 11.5. The van der Waals surface area contributed by atoms with Crippen LogP contribution in [0.25, 0.3) is 0 Å². The molecule has 3 aromatic rings. The van der Waals surface area contributed by atoms with Crippen LogP contribution in [0.5, 0.6) is 0 Å². The largest absolute Gasteiger partial charge is 0.442 e. The molecule has 0 saturated heterocycles. The molecule has 2 heterocycles. The highest BCUT2D eigenvalue weighted by atomic mass is 35.5. The molecule has 0 bridgehead atoms. The molecule has 0 aliphatic rings. The molecule has 1 amide bonds. The van der Waals surface area contributed by atoms with Crippen LogP contribution in [0.15, 0.2) is 52.5 Å². The van der Waals surface area contributed by atoms with Crippen LogP contribution >= 0.6 is 35.0 Å². The maximum absolute atomic E-state index is 11.2. The number of pyridine rings is 1. The SMILES string of the molecule is CC(C)c1nc(COC(N)=O)n(CCCc2ccccn2)c1Sc1cc(Cl)cc(Cl)c1. The molecule has 9 heteroatoms. The number of ether oxygens (including phenoxy) is 1. The van der Waals surface area contributed by atoms with Gasteiger partial charge in [-0.05, 0) is 49.1 Å². The third-order valence-corrected chi connectivity index (χ3v) is 6.04. The van der Waals surface area contributed by atoms with Crippen LogP contribution < -0.4 is 5.73 Å². The minimum Gasteiger partial charge on any atom is -0.442 e. The predicted octanol–water partition coefficient (Wildman–Crippen LogP) is 6.09. The normalized spacial score (nSPS) is 11.1. The molecule has 0 aliphatic heterocycles. The molecule has 0 radical (unpaired) electrons. The summed E-state index contributed by atoms with van der Waals surface area (Å²) in [6, 6.07) is 11.3.